The summed E-state index contributed by atoms with van der Waals surface area (Å²) in [5.41, 5.74) is 1.27. The lowest BCUT2D eigenvalue weighted by atomic mass is 9.92. The van der Waals surface area contributed by atoms with E-state index in [1.165, 1.54) is 25.3 Å². The van der Waals surface area contributed by atoms with Gasteiger partial charge in [0.25, 0.3) is 0 Å². The Morgan fingerprint density at radius 1 is 1.17 bits per heavy atom. The molecular formula is C16H24O2. The van der Waals surface area contributed by atoms with Crippen LogP contribution in [0.25, 0.3) is 0 Å². The second kappa shape index (κ2) is 7.91. The summed E-state index contributed by atoms with van der Waals surface area (Å²) >= 11 is 0. The Morgan fingerprint density at radius 2 is 1.83 bits per heavy atom. The molecule has 0 amide bonds. The van der Waals surface area contributed by atoms with Crippen LogP contribution in [-0.4, -0.2) is 12.6 Å². The summed E-state index contributed by atoms with van der Waals surface area (Å²) < 4.78 is 5.18. The zero-order valence-corrected chi connectivity index (χ0v) is 11.7. The topological polar surface area (TPSA) is 26.3 Å². The van der Waals surface area contributed by atoms with Crippen molar-refractivity contribution in [3.63, 3.8) is 0 Å². The number of hydrogen-bond acceptors (Lipinski definition) is 2. The predicted molar refractivity (Wildman–Crippen MR) is 74.5 cm³/mol. The molecule has 1 unspecified atom stereocenters. The van der Waals surface area contributed by atoms with Gasteiger partial charge < -0.3 is 4.74 Å². The summed E-state index contributed by atoms with van der Waals surface area (Å²) in [6.07, 6.45) is 3.48. The Hall–Kier alpha value is -1.31. The first-order valence-corrected chi connectivity index (χ1v) is 6.78. The van der Waals surface area contributed by atoms with Crippen molar-refractivity contribution in [1.82, 2.24) is 0 Å². The number of carbonyl (C=O) groups excluding carboxylic acids is 1. The van der Waals surface area contributed by atoms with Crippen LogP contribution in [0.4, 0.5) is 0 Å². The molecule has 1 atom stereocenters. The molecule has 2 nitrogen and oxygen atoms in total. The highest BCUT2D eigenvalue weighted by atomic mass is 16.5. The number of benzene rings is 1. The molecule has 0 aliphatic rings. The second-order valence-electron chi connectivity index (χ2n) is 5.23. The molecule has 0 saturated heterocycles. The molecule has 0 N–H and O–H groups in total. The van der Waals surface area contributed by atoms with Crippen LogP contribution in [0.3, 0.4) is 0 Å². The maximum atomic E-state index is 10.9. The minimum Gasteiger partial charge on any atom is -0.465 e. The zero-order valence-electron chi connectivity index (χ0n) is 11.7. The van der Waals surface area contributed by atoms with Gasteiger partial charge in [0.1, 0.15) is 0 Å². The van der Waals surface area contributed by atoms with E-state index >= 15 is 0 Å². The molecule has 2 heteroatoms. The molecule has 0 aliphatic heterocycles. The van der Waals surface area contributed by atoms with E-state index in [4.69, 9.17) is 4.74 Å². The van der Waals surface area contributed by atoms with Crippen molar-refractivity contribution in [3.8, 4) is 0 Å². The van der Waals surface area contributed by atoms with Crippen LogP contribution >= 0.6 is 0 Å². The van der Waals surface area contributed by atoms with Gasteiger partial charge in [0.05, 0.1) is 6.61 Å². The summed E-state index contributed by atoms with van der Waals surface area (Å²) in [5, 5.41) is 0. The smallest absolute Gasteiger partial charge is 0.302 e. The van der Waals surface area contributed by atoms with Gasteiger partial charge >= 0.3 is 5.97 Å². The fourth-order valence-corrected chi connectivity index (χ4v) is 2.06. The molecule has 0 bridgehead atoms. The molecule has 0 heterocycles. The van der Waals surface area contributed by atoms with Crippen LogP contribution in [0.5, 0.6) is 0 Å². The fraction of sp³-hybridized carbons (Fsp3) is 0.562. The largest absolute Gasteiger partial charge is 0.465 e. The normalized spacial score (nSPS) is 12.4. The summed E-state index contributed by atoms with van der Waals surface area (Å²) in [7, 11) is 0. The molecule has 0 aromatic heterocycles. The number of esters is 1. The van der Waals surface area contributed by atoms with Gasteiger partial charge in [0.15, 0.2) is 0 Å². The minimum atomic E-state index is -0.195. The first-order valence-electron chi connectivity index (χ1n) is 6.78. The average Bonchev–Trinajstić information content (AvgIpc) is 2.34. The zero-order chi connectivity index (χ0) is 13.4. The SMILES string of the molecule is CC(=O)OCC(CCCC(C)C)c1ccccc1. The monoisotopic (exact) mass is 248 g/mol. The Morgan fingerprint density at radius 3 is 2.39 bits per heavy atom. The van der Waals surface area contributed by atoms with Gasteiger partial charge in [-0.05, 0) is 17.9 Å². The van der Waals surface area contributed by atoms with Crippen LogP contribution < -0.4 is 0 Å². The maximum Gasteiger partial charge on any atom is 0.302 e. The van der Waals surface area contributed by atoms with Gasteiger partial charge in [0.2, 0.25) is 0 Å². The number of ether oxygens (including phenoxy) is 1. The van der Waals surface area contributed by atoms with Gasteiger partial charge in [-0.2, -0.15) is 0 Å². The van der Waals surface area contributed by atoms with E-state index in [-0.39, 0.29) is 5.97 Å². The van der Waals surface area contributed by atoms with Gasteiger partial charge in [-0.25, -0.2) is 0 Å². The third-order valence-electron chi connectivity index (χ3n) is 3.09. The van der Waals surface area contributed by atoms with Gasteiger partial charge in [-0.3, -0.25) is 4.79 Å². The van der Waals surface area contributed by atoms with Crippen LogP contribution in [0.2, 0.25) is 0 Å². The van der Waals surface area contributed by atoms with Crippen molar-refractivity contribution in [2.45, 2.75) is 46.0 Å². The van der Waals surface area contributed by atoms with Crippen molar-refractivity contribution in [1.29, 1.82) is 0 Å². The molecule has 0 fully saturated rings. The Bertz CT molecular complexity index is 343. The van der Waals surface area contributed by atoms with Crippen molar-refractivity contribution < 1.29 is 9.53 Å². The number of hydrogen-bond donors (Lipinski definition) is 0. The average molecular weight is 248 g/mol. The first kappa shape index (κ1) is 14.7. The summed E-state index contributed by atoms with van der Waals surface area (Å²) in [4.78, 5) is 10.9. The van der Waals surface area contributed by atoms with Crippen LogP contribution in [0.15, 0.2) is 30.3 Å². The summed E-state index contributed by atoms with van der Waals surface area (Å²) in [6.45, 7) is 6.45. The molecule has 0 saturated carbocycles. The lowest BCUT2D eigenvalue weighted by molar-refractivity contribution is -0.141. The highest BCUT2D eigenvalue weighted by Crippen LogP contribution is 2.23. The van der Waals surface area contributed by atoms with Crippen LogP contribution in [-0.2, 0) is 9.53 Å². The Balaban J connectivity index is 2.55. The first-order chi connectivity index (χ1) is 8.59. The lowest BCUT2D eigenvalue weighted by Crippen LogP contribution is -2.11. The lowest BCUT2D eigenvalue weighted by Gasteiger charge is -2.17. The molecule has 1 aromatic rings. The van der Waals surface area contributed by atoms with E-state index in [9.17, 15) is 4.79 Å². The van der Waals surface area contributed by atoms with E-state index in [0.29, 0.717) is 12.5 Å². The third kappa shape index (κ3) is 5.85. The number of rotatable bonds is 7. The van der Waals surface area contributed by atoms with Crippen LogP contribution in [0.1, 0.15) is 51.5 Å². The molecule has 1 rings (SSSR count). The molecular weight excluding hydrogens is 224 g/mol. The molecule has 0 spiro atoms. The van der Waals surface area contributed by atoms with Crippen molar-refractivity contribution in [2.75, 3.05) is 6.61 Å². The Labute approximate surface area is 110 Å². The van der Waals surface area contributed by atoms with Crippen molar-refractivity contribution in [2.24, 2.45) is 5.92 Å². The van der Waals surface area contributed by atoms with E-state index in [1.54, 1.807) is 0 Å². The quantitative estimate of drug-likeness (QED) is 0.677. The van der Waals surface area contributed by atoms with E-state index < -0.39 is 0 Å². The molecule has 1 aromatic carbocycles. The summed E-state index contributed by atoms with van der Waals surface area (Å²) in [6, 6.07) is 10.3. The Kier molecular flexibility index (Phi) is 6.48. The maximum absolute atomic E-state index is 10.9. The third-order valence-corrected chi connectivity index (χ3v) is 3.09. The van der Waals surface area contributed by atoms with E-state index in [0.717, 1.165) is 12.3 Å². The fourth-order valence-electron chi connectivity index (χ4n) is 2.06. The van der Waals surface area contributed by atoms with Gasteiger partial charge in [-0.15, -0.1) is 0 Å². The standard InChI is InChI=1S/C16H24O2/c1-13(2)8-7-11-16(12-18-14(3)17)15-9-5-4-6-10-15/h4-6,9-10,13,16H,7-8,11-12H2,1-3H3. The van der Waals surface area contributed by atoms with Crippen molar-refractivity contribution in [3.05, 3.63) is 35.9 Å². The minimum absolute atomic E-state index is 0.195. The van der Waals surface area contributed by atoms with Crippen LogP contribution in [0, 0.1) is 5.92 Å². The summed E-state index contributed by atoms with van der Waals surface area (Å²) in [5.74, 6) is 0.865. The molecule has 0 aliphatic carbocycles. The van der Waals surface area contributed by atoms with E-state index in [2.05, 4.69) is 26.0 Å². The van der Waals surface area contributed by atoms with Gasteiger partial charge in [-0.1, -0.05) is 57.0 Å². The van der Waals surface area contributed by atoms with Gasteiger partial charge in [0, 0.05) is 12.8 Å². The van der Waals surface area contributed by atoms with E-state index in [1.807, 2.05) is 18.2 Å². The second-order valence-corrected chi connectivity index (χ2v) is 5.23. The molecule has 0 radical (unpaired) electrons. The highest BCUT2D eigenvalue weighted by Gasteiger charge is 2.13. The van der Waals surface area contributed by atoms with Crippen molar-refractivity contribution >= 4 is 5.97 Å². The molecule has 18 heavy (non-hydrogen) atoms. The molecule has 100 valence electrons. The highest BCUT2D eigenvalue weighted by molar-refractivity contribution is 5.65. The predicted octanol–water partition coefficient (Wildman–Crippen LogP) is 4.16. The number of carbonyl (C=O) groups is 1.